The fraction of sp³-hybridized carbons (Fsp3) is 0.368. The van der Waals surface area contributed by atoms with Crippen molar-refractivity contribution in [2.75, 3.05) is 6.54 Å². The summed E-state index contributed by atoms with van der Waals surface area (Å²) in [5, 5.41) is 0. The molecule has 0 amide bonds. The maximum absolute atomic E-state index is 12.1. The summed E-state index contributed by atoms with van der Waals surface area (Å²) in [5.41, 5.74) is 2.72. The van der Waals surface area contributed by atoms with E-state index < -0.39 is 0 Å². The molecule has 1 aromatic heterocycles. The smallest absolute Gasteiger partial charge is 0.299 e. The Kier molecular flexibility index (Phi) is 4.41. The molecule has 0 unspecified atom stereocenters. The van der Waals surface area contributed by atoms with Crippen LogP contribution in [0.3, 0.4) is 0 Å². The molecule has 1 heterocycles. The Balaban J connectivity index is 1.96. The number of hydrogen-bond acceptors (Lipinski definition) is 3. The van der Waals surface area contributed by atoms with E-state index in [4.69, 9.17) is 6.42 Å². The zero-order valence-corrected chi connectivity index (χ0v) is 14.0. The van der Waals surface area contributed by atoms with Gasteiger partial charge in [0, 0.05) is 38.4 Å². The van der Waals surface area contributed by atoms with E-state index in [1.165, 1.54) is 28.8 Å². The highest BCUT2D eigenvalue weighted by molar-refractivity contribution is 5.34. The van der Waals surface area contributed by atoms with E-state index >= 15 is 0 Å². The summed E-state index contributed by atoms with van der Waals surface area (Å²) in [4.78, 5) is 26.3. The van der Waals surface area contributed by atoms with Crippen LogP contribution in [0.1, 0.15) is 29.3 Å². The largest absolute Gasteiger partial charge is 0.330 e. The molecule has 0 N–H and O–H groups in total. The molecule has 1 aliphatic rings. The first-order valence-corrected chi connectivity index (χ1v) is 8.04. The molecule has 0 saturated heterocycles. The third-order valence-corrected chi connectivity index (χ3v) is 4.83. The molecule has 1 aliphatic carbocycles. The summed E-state index contributed by atoms with van der Waals surface area (Å²) in [5.74, 6) is 2.71. The zero-order chi connectivity index (χ0) is 17.3. The van der Waals surface area contributed by atoms with Crippen molar-refractivity contribution in [3.8, 4) is 12.3 Å². The summed E-state index contributed by atoms with van der Waals surface area (Å²) in [6.45, 7) is 0.952. The summed E-state index contributed by atoms with van der Waals surface area (Å²) in [6, 6.07) is 10.1. The van der Waals surface area contributed by atoms with Crippen LogP contribution in [0.4, 0.5) is 0 Å². The molecule has 5 nitrogen and oxygen atoms in total. The van der Waals surface area contributed by atoms with Crippen LogP contribution in [-0.2, 0) is 27.1 Å². The Morgan fingerprint density at radius 2 is 2.00 bits per heavy atom. The lowest BCUT2D eigenvalue weighted by molar-refractivity contribution is 0.207. The second-order valence-electron chi connectivity index (χ2n) is 6.24. The number of fused-ring (bicyclic) bond motifs is 1. The molecule has 3 rings (SSSR count). The lowest BCUT2D eigenvalue weighted by Gasteiger charge is -2.28. The maximum atomic E-state index is 12.1. The van der Waals surface area contributed by atoms with E-state index in [9.17, 15) is 9.59 Å². The highest BCUT2D eigenvalue weighted by atomic mass is 16.2. The second kappa shape index (κ2) is 6.50. The molecule has 0 spiro atoms. The van der Waals surface area contributed by atoms with Crippen LogP contribution in [0, 0.1) is 12.3 Å². The van der Waals surface area contributed by atoms with Gasteiger partial charge in [0.25, 0.3) is 5.56 Å². The predicted molar refractivity (Wildman–Crippen MR) is 93.7 cm³/mol. The molecule has 2 aromatic rings. The van der Waals surface area contributed by atoms with Crippen molar-refractivity contribution < 1.29 is 0 Å². The van der Waals surface area contributed by atoms with Crippen molar-refractivity contribution in [3.63, 3.8) is 0 Å². The number of aryl methyl sites for hydroxylation is 1. The van der Waals surface area contributed by atoms with Gasteiger partial charge >= 0.3 is 5.69 Å². The van der Waals surface area contributed by atoms with Crippen LogP contribution < -0.4 is 11.2 Å². The molecule has 0 aliphatic heterocycles. The molecule has 124 valence electrons. The van der Waals surface area contributed by atoms with Gasteiger partial charge in [-0.25, -0.2) is 4.79 Å². The fourth-order valence-electron chi connectivity index (χ4n) is 3.45. The number of aromatic nitrogens is 2. The first-order chi connectivity index (χ1) is 11.5. The van der Waals surface area contributed by atoms with Crippen LogP contribution in [0.2, 0.25) is 0 Å². The van der Waals surface area contributed by atoms with Gasteiger partial charge in [-0.05, 0) is 24.0 Å². The van der Waals surface area contributed by atoms with Crippen molar-refractivity contribution >= 4 is 0 Å². The third-order valence-electron chi connectivity index (χ3n) is 4.83. The summed E-state index contributed by atoms with van der Waals surface area (Å²) in [7, 11) is 3.18. The minimum atomic E-state index is -0.315. The van der Waals surface area contributed by atoms with Crippen molar-refractivity contribution in [3.05, 3.63) is 68.0 Å². The van der Waals surface area contributed by atoms with Gasteiger partial charge < -0.3 is 0 Å². The molecule has 0 bridgehead atoms. The average molecular weight is 323 g/mol. The molecular weight excluding hydrogens is 302 g/mol. The van der Waals surface area contributed by atoms with Crippen LogP contribution in [-0.4, -0.2) is 20.6 Å². The monoisotopic (exact) mass is 323 g/mol. The Labute approximate surface area is 141 Å². The van der Waals surface area contributed by atoms with Crippen molar-refractivity contribution in [1.29, 1.82) is 0 Å². The lowest BCUT2D eigenvalue weighted by Crippen LogP contribution is -2.40. The van der Waals surface area contributed by atoms with Gasteiger partial charge in [-0.15, -0.1) is 6.42 Å². The standard InChI is InChI=1S/C19H21N3O2/c1-4-11-22(17-10-9-14-7-5-6-8-16(14)17)13-15-12-18(23)21(3)19(24)20(15)2/h1,5-8,12,17H,9-11,13H2,2-3H3/t17-/m0/s1. The van der Waals surface area contributed by atoms with Crippen LogP contribution >= 0.6 is 0 Å². The third kappa shape index (κ3) is 2.81. The van der Waals surface area contributed by atoms with Gasteiger partial charge in [0.1, 0.15) is 0 Å². The van der Waals surface area contributed by atoms with E-state index in [2.05, 4.69) is 29.0 Å². The molecule has 0 radical (unpaired) electrons. The van der Waals surface area contributed by atoms with E-state index in [1.807, 2.05) is 6.07 Å². The van der Waals surface area contributed by atoms with Gasteiger partial charge in [-0.2, -0.15) is 0 Å². The Bertz CT molecular complexity index is 917. The molecule has 1 atom stereocenters. The molecule has 1 aromatic carbocycles. The average Bonchev–Trinajstić information content (AvgIpc) is 3.01. The Hall–Kier alpha value is -2.58. The first-order valence-electron chi connectivity index (χ1n) is 8.04. The van der Waals surface area contributed by atoms with Gasteiger partial charge in [0.15, 0.2) is 0 Å². The minimum absolute atomic E-state index is 0.219. The van der Waals surface area contributed by atoms with E-state index in [1.54, 1.807) is 7.05 Å². The highest BCUT2D eigenvalue weighted by Crippen LogP contribution is 2.35. The van der Waals surface area contributed by atoms with Crippen molar-refractivity contribution in [2.24, 2.45) is 14.1 Å². The quantitative estimate of drug-likeness (QED) is 0.795. The number of rotatable bonds is 4. The number of hydrogen-bond donors (Lipinski definition) is 0. The van der Waals surface area contributed by atoms with Gasteiger partial charge in [0.2, 0.25) is 0 Å². The van der Waals surface area contributed by atoms with Gasteiger partial charge in [0.05, 0.1) is 6.54 Å². The number of benzene rings is 1. The number of nitrogens with zero attached hydrogens (tertiary/aromatic N) is 3. The SMILES string of the molecule is C#CCN(Cc1cc(=O)n(C)c(=O)n1C)[C@H]1CCc2ccccc21. The van der Waals surface area contributed by atoms with E-state index in [-0.39, 0.29) is 17.3 Å². The summed E-state index contributed by atoms with van der Waals surface area (Å²) < 4.78 is 2.63. The van der Waals surface area contributed by atoms with Crippen LogP contribution in [0.5, 0.6) is 0 Å². The highest BCUT2D eigenvalue weighted by Gasteiger charge is 2.27. The van der Waals surface area contributed by atoms with Gasteiger partial charge in [-0.3, -0.25) is 18.8 Å². The van der Waals surface area contributed by atoms with Crippen LogP contribution in [0.15, 0.2) is 39.9 Å². The normalized spacial score (nSPS) is 16.2. The van der Waals surface area contributed by atoms with Gasteiger partial charge in [-0.1, -0.05) is 30.2 Å². The lowest BCUT2D eigenvalue weighted by atomic mass is 10.1. The maximum Gasteiger partial charge on any atom is 0.330 e. The zero-order valence-electron chi connectivity index (χ0n) is 14.0. The summed E-state index contributed by atoms with van der Waals surface area (Å²) >= 11 is 0. The first kappa shape index (κ1) is 16.3. The van der Waals surface area contributed by atoms with E-state index in [0.717, 1.165) is 17.4 Å². The van der Waals surface area contributed by atoms with Crippen molar-refractivity contribution in [2.45, 2.75) is 25.4 Å². The van der Waals surface area contributed by atoms with Crippen LogP contribution in [0.25, 0.3) is 0 Å². The fourth-order valence-corrected chi connectivity index (χ4v) is 3.45. The second-order valence-corrected chi connectivity index (χ2v) is 6.24. The summed E-state index contributed by atoms with van der Waals surface area (Å²) in [6.07, 6.45) is 7.59. The minimum Gasteiger partial charge on any atom is -0.299 e. The topological polar surface area (TPSA) is 47.2 Å². The molecule has 0 fully saturated rings. The molecule has 0 saturated carbocycles. The molecule has 24 heavy (non-hydrogen) atoms. The predicted octanol–water partition coefficient (Wildman–Crippen LogP) is 1.21. The van der Waals surface area contributed by atoms with E-state index in [0.29, 0.717) is 18.8 Å². The Morgan fingerprint density at radius 3 is 2.75 bits per heavy atom. The Morgan fingerprint density at radius 1 is 1.25 bits per heavy atom. The van der Waals surface area contributed by atoms with Crippen molar-refractivity contribution in [1.82, 2.24) is 14.0 Å². The molecule has 5 heteroatoms. The number of terminal acetylenes is 1. The molecular formula is C19H21N3O2.